The molecule has 17 heavy (non-hydrogen) atoms. The van der Waals surface area contributed by atoms with E-state index in [0.717, 1.165) is 18.5 Å². The minimum atomic E-state index is 0.240. The maximum atomic E-state index is 9.36. The molecule has 4 N–H and O–H groups in total. The molecule has 1 aliphatic rings. The molecule has 94 valence electrons. The Morgan fingerprint density at radius 1 is 1.35 bits per heavy atom. The lowest BCUT2D eigenvalue weighted by Gasteiger charge is -2.32. The second-order valence-electron chi connectivity index (χ2n) is 4.72. The van der Waals surface area contributed by atoms with Gasteiger partial charge in [-0.05, 0) is 31.0 Å². The van der Waals surface area contributed by atoms with Crippen molar-refractivity contribution in [2.45, 2.75) is 31.7 Å². The molecule has 2 rings (SSSR count). The minimum Gasteiger partial charge on any atom is -0.399 e. The SMILES string of the molecule is Nc1ccc(NC2CCCCC2CO)c(Cl)c1. The number of hydrogen-bond acceptors (Lipinski definition) is 3. The van der Waals surface area contributed by atoms with E-state index in [9.17, 15) is 5.11 Å². The largest absolute Gasteiger partial charge is 0.399 e. The summed E-state index contributed by atoms with van der Waals surface area (Å²) in [6.45, 7) is 0.240. The van der Waals surface area contributed by atoms with Gasteiger partial charge in [0, 0.05) is 24.3 Å². The highest BCUT2D eigenvalue weighted by molar-refractivity contribution is 6.33. The standard InChI is InChI=1S/C13H19ClN2O/c14-11-7-10(15)5-6-13(11)16-12-4-2-1-3-9(12)8-17/h5-7,9,12,16-17H,1-4,8,15H2. The van der Waals surface area contributed by atoms with Gasteiger partial charge in [0.2, 0.25) is 0 Å². The first-order valence-electron chi connectivity index (χ1n) is 6.13. The Morgan fingerprint density at radius 3 is 2.82 bits per heavy atom. The van der Waals surface area contributed by atoms with Crippen LogP contribution in [0.1, 0.15) is 25.7 Å². The fraction of sp³-hybridized carbons (Fsp3) is 0.538. The first-order valence-corrected chi connectivity index (χ1v) is 6.51. The van der Waals surface area contributed by atoms with E-state index in [1.165, 1.54) is 12.8 Å². The molecule has 0 bridgehead atoms. The Labute approximate surface area is 107 Å². The third kappa shape index (κ3) is 3.05. The number of hydrogen-bond donors (Lipinski definition) is 3. The molecule has 1 fully saturated rings. The molecule has 2 unspecified atom stereocenters. The van der Waals surface area contributed by atoms with Gasteiger partial charge in [0.05, 0.1) is 10.7 Å². The zero-order chi connectivity index (χ0) is 12.3. The van der Waals surface area contributed by atoms with Crippen LogP contribution in [-0.4, -0.2) is 17.8 Å². The summed E-state index contributed by atoms with van der Waals surface area (Å²) >= 11 is 6.13. The summed E-state index contributed by atoms with van der Waals surface area (Å²) < 4.78 is 0. The van der Waals surface area contributed by atoms with Crippen LogP contribution >= 0.6 is 11.6 Å². The number of nitrogen functional groups attached to an aromatic ring is 1. The normalized spacial score (nSPS) is 24.6. The van der Waals surface area contributed by atoms with E-state index in [-0.39, 0.29) is 6.61 Å². The van der Waals surface area contributed by atoms with Gasteiger partial charge in [-0.3, -0.25) is 0 Å². The predicted octanol–water partition coefficient (Wildman–Crippen LogP) is 2.89. The van der Waals surface area contributed by atoms with Crippen LogP contribution in [0, 0.1) is 5.92 Å². The van der Waals surface area contributed by atoms with Crippen molar-refractivity contribution in [3.05, 3.63) is 23.2 Å². The Hall–Kier alpha value is -0.930. The first kappa shape index (κ1) is 12.5. The summed E-state index contributed by atoms with van der Waals surface area (Å²) in [5.41, 5.74) is 7.24. The van der Waals surface area contributed by atoms with Gasteiger partial charge >= 0.3 is 0 Å². The lowest BCUT2D eigenvalue weighted by atomic mass is 9.85. The van der Waals surface area contributed by atoms with E-state index in [4.69, 9.17) is 17.3 Å². The molecule has 4 heteroatoms. The van der Waals surface area contributed by atoms with Crippen molar-refractivity contribution in [1.82, 2.24) is 0 Å². The fourth-order valence-electron chi connectivity index (χ4n) is 2.46. The smallest absolute Gasteiger partial charge is 0.0658 e. The number of anilines is 2. The monoisotopic (exact) mass is 254 g/mol. The summed E-state index contributed by atoms with van der Waals surface area (Å²) in [5, 5.41) is 13.4. The number of benzene rings is 1. The predicted molar refractivity (Wildman–Crippen MR) is 72.3 cm³/mol. The average Bonchev–Trinajstić information content (AvgIpc) is 2.33. The molecule has 0 heterocycles. The Balaban J connectivity index is 2.08. The van der Waals surface area contributed by atoms with Crippen molar-refractivity contribution < 1.29 is 5.11 Å². The third-order valence-electron chi connectivity index (χ3n) is 3.48. The van der Waals surface area contributed by atoms with Crippen molar-refractivity contribution >= 4 is 23.0 Å². The van der Waals surface area contributed by atoms with E-state index in [1.54, 1.807) is 6.07 Å². The van der Waals surface area contributed by atoms with Gasteiger partial charge in [0.25, 0.3) is 0 Å². The van der Waals surface area contributed by atoms with Gasteiger partial charge in [-0.15, -0.1) is 0 Å². The van der Waals surface area contributed by atoms with Crippen LogP contribution in [0.2, 0.25) is 5.02 Å². The van der Waals surface area contributed by atoms with Crippen LogP contribution in [0.3, 0.4) is 0 Å². The molecule has 1 aromatic carbocycles. The summed E-state index contributed by atoms with van der Waals surface area (Å²) in [5.74, 6) is 0.331. The molecule has 0 saturated heterocycles. The maximum absolute atomic E-state index is 9.36. The molecular formula is C13H19ClN2O. The van der Waals surface area contributed by atoms with Gasteiger partial charge in [-0.2, -0.15) is 0 Å². The number of aliphatic hydroxyl groups is 1. The highest BCUT2D eigenvalue weighted by atomic mass is 35.5. The maximum Gasteiger partial charge on any atom is 0.0658 e. The highest BCUT2D eigenvalue weighted by Gasteiger charge is 2.24. The second kappa shape index (κ2) is 5.61. The molecule has 1 aliphatic carbocycles. The molecule has 0 spiro atoms. The topological polar surface area (TPSA) is 58.3 Å². The second-order valence-corrected chi connectivity index (χ2v) is 5.12. The van der Waals surface area contributed by atoms with Gasteiger partial charge in [-0.25, -0.2) is 0 Å². The molecule has 0 aromatic heterocycles. The number of rotatable bonds is 3. The summed E-state index contributed by atoms with van der Waals surface area (Å²) in [7, 11) is 0. The zero-order valence-corrected chi connectivity index (χ0v) is 10.6. The number of nitrogens with one attached hydrogen (secondary N) is 1. The molecule has 0 aliphatic heterocycles. The molecule has 0 amide bonds. The van der Waals surface area contributed by atoms with Crippen LogP contribution < -0.4 is 11.1 Å². The summed E-state index contributed by atoms with van der Waals surface area (Å²) in [6, 6.07) is 5.81. The third-order valence-corrected chi connectivity index (χ3v) is 3.79. The first-order chi connectivity index (χ1) is 8.20. The van der Waals surface area contributed by atoms with Crippen molar-refractivity contribution in [3.8, 4) is 0 Å². The Bertz CT molecular complexity index is 384. The molecule has 1 aromatic rings. The van der Waals surface area contributed by atoms with Crippen LogP contribution in [-0.2, 0) is 0 Å². The average molecular weight is 255 g/mol. The van der Waals surface area contributed by atoms with Crippen LogP contribution in [0.5, 0.6) is 0 Å². The lowest BCUT2D eigenvalue weighted by Crippen LogP contribution is -2.34. The number of halogens is 1. The lowest BCUT2D eigenvalue weighted by molar-refractivity contribution is 0.178. The zero-order valence-electron chi connectivity index (χ0n) is 9.82. The van der Waals surface area contributed by atoms with Crippen LogP contribution in [0.4, 0.5) is 11.4 Å². The van der Waals surface area contributed by atoms with Crippen molar-refractivity contribution in [3.63, 3.8) is 0 Å². The molecule has 1 saturated carbocycles. The van der Waals surface area contributed by atoms with Crippen LogP contribution in [0.25, 0.3) is 0 Å². The van der Waals surface area contributed by atoms with E-state index in [0.29, 0.717) is 22.7 Å². The van der Waals surface area contributed by atoms with Crippen molar-refractivity contribution in [1.29, 1.82) is 0 Å². The van der Waals surface area contributed by atoms with Crippen LogP contribution in [0.15, 0.2) is 18.2 Å². The Kier molecular flexibility index (Phi) is 4.13. The Morgan fingerprint density at radius 2 is 2.12 bits per heavy atom. The van der Waals surface area contributed by atoms with Crippen molar-refractivity contribution in [2.75, 3.05) is 17.7 Å². The summed E-state index contributed by atoms with van der Waals surface area (Å²) in [6.07, 6.45) is 4.59. The van der Waals surface area contributed by atoms with E-state index < -0.39 is 0 Å². The minimum absolute atomic E-state index is 0.240. The molecule has 0 radical (unpaired) electrons. The fourth-order valence-corrected chi connectivity index (χ4v) is 2.71. The summed E-state index contributed by atoms with van der Waals surface area (Å²) in [4.78, 5) is 0. The van der Waals surface area contributed by atoms with Gasteiger partial charge in [0.15, 0.2) is 0 Å². The van der Waals surface area contributed by atoms with E-state index >= 15 is 0 Å². The van der Waals surface area contributed by atoms with E-state index in [2.05, 4.69) is 5.32 Å². The number of aliphatic hydroxyl groups excluding tert-OH is 1. The quantitative estimate of drug-likeness (QED) is 0.727. The van der Waals surface area contributed by atoms with Gasteiger partial charge in [0.1, 0.15) is 0 Å². The van der Waals surface area contributed by atoms with Gasteiger partial charge < -0.3 is 16.2 Å². The number of nitrogens with two attached hydrogens (primary N) is 1. The molecule has 3 nitrogen and oxygen atoms in total. The van der Waals surface area contributed by atoms with Gasteiger partial charge in [-0.1, -0.05) is 24.4 Å². The highest BCUT2D eigenvalue weighted by Crippen LogP contribution is 2.30. The van der Waals surface area contributed by atoms with E-state index in [1.807, 2.05) is 12.1 Å². The molecular weight excluding hydrogens is 236 g/mol. The van der Waals surface area contributed by atoms with Crippen molar-refractivity contribution in [2.24, 2.45) is 5.92 Å². The molecule has 2 atom stereocenters.